The average molecular weight is 419 g/mol. The summed E-state index contributed by atoms with van der Waals surface area (Å²) in [6, 6.07) is 3.35. The molecular formula is C21H21N7O3. The van der Waals surface area contributed by atoms with Crippen LogP contribution in [0.4, 0.5) is 5.82 Å². The highest BCUT2D eigenvalue weighted by atomic mass is 16.5. The molecule has 1 fully saturated rings. The van der Waals surface area contributed by atoms with Crippen LogP contribution in [0.15, 0.2) is 31.1 Å². The topological polar surface area (TPSA) is 121 Å². The van der Waals surface area contributed by atoms with Crippen LogP contribution in [0.2, 0.25) is 0 Å². The van der Waals surface area contributed by atoms with Gasteiger partial charge in [-0.2, -0.15) is 10.1 Å². The number of rotatable bonds is 4. The first-order valence-corrected chi connectivity index (χ1v) is 9.56. The first-order valence-electron chi connectivity index (χ1n) is 9.56. The zero-order chi connectivity index (χ0) is 22.0. The van der Waals surface area contributed by atoms with E-state index in [0.717, 1.165) is 6.42 Å². The van der Waals surface area contributed by atoms with Crippen LogP contribution in [-0.2, 0) is 4.79 Å². The second-order valence-corrected chi connectivity index (χ2v) is 6.87. The van der Waals surface area contributed by atoms with Crippen LogP contribution >= 0.6 is 0 Å². The van der Waals surface area contributed by atoms with Crippen molar-refractivity contribution in [2.75, 3.05) is 33.0 Å². The fourth-order valence-corrected chi connectivity index (χ4v) is 3.50. The lowest BCUT2D eigenvalue weighted by Gasteiger charge is -2.14. The minimum absolute atomic E-state index is 0.0441. The van der Waals surface area contributed by atoms with Crippen molar-refractivity contribution in [2.45, 2.75) is 12.5 Å². The van der Waals surface area contributed by atoms with E-state index in [1.54, 1.807) is 21.7 Å². The molecule has 0 bridgehead atoms. The lowest BCUT2D eigenvalue weighted by Crippen LogP contribution is -2.27. The minimum Gasteiger partial charge on any atom is -0.481 e. The van der Waals surface area contributed by atoms with Gasteiger partial charge in [-0.3, -0.25) is 4.79 Å². The number of anilines is 1. The van der Waals surface area contributed by atoms with Crippen molar-refractivity contribution in [1.29, 1.82) is 0 Å². The highest BCUT2D eigenvalue weighted by molar-refractivity contribution is 5.91. The van der Waals surface area contributed by atoms with Crippen molar-refractivity contribution < 1.29 is 14.3 Å². The molecule has 1 amide bonds. The predicted molar refractivity (Wildman–Crippen MR) is 113 cm³/mol. The van der Waals surface area contributed by atoms with Gasteiger partial charge in [-0.05, 0) is 18.4 Å². The van der Waals surface area contributed by atoms with Crippen molar-refractivity contribution >= 4 is 22.8 Å². The molecule has 0 aliphatic carbocycles. The molecule has 10 heteroatoms. The molecule has 0 spiro atoms. The van der Waals surface area contributed by atoms with Crippen LogP contribution in [-0.4, -0.2) is 62.8 Å². The second-order valence-electron chi connectivity index (χ2n) is 6.87. The molecule has 2 N–H and O–H groups in total. The van der Waals surface area contributed by atoms with E-state index < -0.39 is 0 Å². The number of nitrogens with zero attached hydrogens (tertiary/aromatic N) is 6. The van der Waals surface area contributed by atoms with Gasteiger partial charge < -0.3 is 20.1 Å². The summed E-state index contributed by atoms with van der Waals surface area (Å²) in [7, 11) is 3.04. The first-order chi connectivity index (χ1) is 15.0. The first kappa shape index (κ1) is 20.2. The minimum atomic E-state index is -0.103. The Morgan fingerprint density at radius 1 is 1.26 bits per heavy atom. The van der Waals surface area contributed by atoms with Crippen LogP contribution in [0, 0.1) is 11.8 Å². The van der Waals surface area contributed by atoms with Gasteiger partial charge in [0.25, 0.3) is 0 Å². The standard InChI is InChI=1S/C21H21N7O3/c1-4-18(29)27-8-7-14(11-27)28-21-19(20(22)23-12-24-21)15(26-28)6-5-13-9-16(30-2)25-17(10-13)31-3/h4,9-10,12,14H,1,7-8,11H2,2-3H3,(H2,22,23,24). The average Bonchev–Trinajstić information content (AvgIpc) is 3.42. The fourth-order valence-electron chi connectivity index (χ4n) is 3.50. The van der Waals surface area contributed by atoms with Gasteiger partial charge in [0.2, 0.25) is 17.7 Å². The molecule has 0 aromatic carbocycles. The van der Waals surface area contributed by atoms with E-state index >= 15 is 0 Å². The number of hydrogen-bond donors (Lipinski definition) is 1. The van der Waals surface area contributed by atoms with Gasteiger partial charge >= 0.3 is 0 Å². The van der Waals surface area contributed by atoms with E-state index in [9.17, 15) is 4.79 Å². The monoisotopic (exact) mass is 419 g/mol. The van der Waals surface area contributed by atoms with Crippen LogP contribution < -0.4 is 15.2 Å². The summed E-state index contributed by atoms with van der Waals surface area (Å²) in [4.78, 5) is 26.3. The van der Waals surface area contributed by atoms with E-state index in [2.05, 4.69) is 38.5 Å². The zero-order valence-corrected chi connectivity index (χ0v) is 17.2. The number of methoxy groups -OCH3 is 2. The number of nitrogens with two attached hydrogens (primary N) is 1. The molecule has 1 aliphatic heterocycles. The van der Waals surface area contributed by atoms with E-state index in [1.165, 1.54) is 26.6 Å². The molecule has 1 saturated heterocycles. The number of carbonyl (C=O) groups is 1. The normalized spacial score (nSPS) is 15.4. The van der Waals surface area contributed by atoms with Crippen molar-refractivity contribution in [3.63, 3.8) is 0 Å². The van der Waals surface area contributed by atoms with E-state index in [4.69, 9.17) is 15.2 Å². The molecule has 4 heterocycles. The number of fused-ring (bicyclic) bond motifs is 1. The maximum absolute atomic E-state index is 12.0. The van der Waals surface area contributed by atoms with Crippen molar-refractivity contribution in [1.82, 2.24) is 29.6 Å². The fraction of sp³-hybridized carbons (Fsp3) is 0.286. The molecule has 10 nitrogen and oxygen atoms in total. The van der Waals surface area contributed by atoms with E-state index in [-0.39, 0.29) is 11.9 Å². The van der Waals surface area contributed by atoms with Gasteiger partial charge in [0.05, 0.1) is 25.6 Å². The Kier molecular flexibility index (Phi) is 5.41. The van der Waals surface area contributed by atoms with Gasteiger partial charge in [0.1, 0.15) is 17.8 Å². The highest BCUT2D eigenvalue weighted by Gasteiger charge is 2.29. The van der Waals surface area contributed by atoms with Crippen molar-refractivity contribution in [3.8, 4) is 23.6 Å². The third kappa shape index (κ3) is 3.85. The van der Waals surface area contributed by atoms with Crippen LogP contribution in [0.25, 0.3) is 11.0 Å². The third-order valence-electron chi connectivity index (χ3n) is 5.04. The summed E-state index contributed by atoms with van der Waals surface area (Å²) in [6.45, 7) is 4.69. The van der Waals surface area contributed by atoms with Gasteiger partial charge in [0.15, 0.2) is 5.65 Å². The number of pyridine rings is 1. The number of ether oxygens (including phenoxy) is 2. The Morgan fingerprint density at radius 2 is 2.00 bits per heavy atom. The van der Waals surface area contributed by atoms with E-state index in [0.29, 0.717) is 53.0 Å². The number of nitrogen functional groups attached to an aromatic ring is 1. The summed E-state index contributed by atoms with van der Waals surface area (Å²) in [6.07, 6.45) is 3.46. The van der Waals surface area contributed by atoms with Crippen LogP contribution in [0.1, 0.15) is 23.7 Å². The Bertz CT molecular complexity index is 1200. The molecule has 3 aromatic rings. The van der Waals surface area contributed by atoms with Gasteiger partial charge in [0, 0.05) is 30.8 Å². The number of hydrogen-bond acceptors (Lipinski definition) is 8. The molecule has 31 heavy (non-hydrogen) atoms. The lowest BCUT2D eigenvalue weighted by molar-refractivity contribution is -0.125. The molecule has 3 aromatic heterocycles. The largest absolute Gasteiger partial charge is 0.481 e. The molecule has 1 atom stereocenters. The summed E-state index contributed by atoms with van der Waals surface area (Å²) < 4.78 is 12.2. The van der Waals surface area contributed by atoms with Crippen LogP contribution in [0.3, 0.4) is 0 Å². The second kappa shape index (κ2) is 8.31. The molecule has 1 aliphatic rings. The summed E-state index contributed by atoms with van der Waals surface area (Å²) in [5, 5.41) is 5.25. The van der Waals surface area contributed by atoms with Crippen LogP contribution in [0.5, 0.6) is 11.8 Å². The van der Waals surface area contributed by atoms with Crippen molar-refractivity contribution in [3.05, 3.63) is 42.4 Å². The van der Waals surface area contributed by atoms with Crippen molar-refractivity contribution in [2.24, 2.45) is 0 Å². The van der Waals surface area contributed by atoms with E-state index in [1.807, 2.05) is 0 Å². The number of likely N-dealkylation sites (tertiary alicyclic amines) is 1. The summed E-state index contributed by atoms with van der Waals surface area (Å²) >= 11 is 0. The maximum Gasteiger partial charge on any atom is 0.246 e. The molecule has 4 rings (SSSR count). The molecule has 0 saturated carbocycles. The van der Waals surface area contributed by atoms with Gasteiger partial charge in [-0.1, -0.05) is 12.5 Å². The Labute approximate surface area is 178 Å². The number of amides is 1. The Morgan fingerprint density at radius 3 is 2.68 bits per heavy atom. The predicted octanol–water partition coefficient (Wildman–Crippen LogP) is 1.18. The Balaban J connectivity index is 1.75. The SMILES string of the molecule is C=CC(=O)N1CCC(n2nc(C#Cc3cc(OC)nc(OC)c3)c3c(N)ncnc32)C1. The number of aromatic nitrogens is 5. The zero-order valence-electron chi connectivity index (χ0n) is 17.2. The number of carbonyl (C=O) groups excluding carboxylic acids is 1. The summed E-state index contributed by atoms with van der Waals surface area (Å²) in [5.74, 6) is 7.08. The maximum atomic E-state index is 12.0. The highest BCUT2D eigenvalue weighted by Crippen LogP contribution is 2.28. The molecule has 158 valence electrons. The van der Waals surface area contributed by atoms with Gasteiger partial charge in [-0.15, -0.1) is 0 Å². The van der Waals surface area contributed by atoms with Gasteiger partial charge in [-0.25, -0.2) is 14.6 Å². The molecule has 0 radical (unpaired) electrons. The lowest BCUT2D eigenvalue weighted by atomic mass is 10.2. The molecular weight excluding hydrogens is 398 g/mol. The summed E-state index contributed by atoms with van der Waals surface area (Å²) in [5.41, 5.74) is 7.81. The Hall–Kier alpha value is -4.13. The third-order valence-corrected chi connectivity index (χ3v) is 5.04. The quantitative estimate of drug-likeness (QED) is 0.494. The molecule has 1 unspecified atom stereocenters. The smallest absolute Gasteiger partial charge is 0.246 e.